The van der Waals surface area contributed by atoms with Crippen LogP contribution in [-0.4, -0.2) is 5.04 Å². The lowest BCUT2D eigenvalue weighted by Crippen LogP contribution is -1.86. The quantitative estimate of drug-likeness (QED) is 0.317. The van der Waals surface area contributed by atoms with Gasteiger partial charge in [-0.05, 0) is 18.9 Å². The number of hydrogen-bond acceptors (Lipinski definition) is 3. The van der Waals surface area contributed by atoms with Crippen molar-refractivity contribution >= 4 is 17.0 Å². The van der Waals surface area contributed by atoms with E-state index in [1.807, 2.05) is 6.92 Å². The largest absolute Gasteiger partial charge is 0.273 e. The van der Waals surface area contributed by atoms with Gasteiger partial charge in [0.25, 0.3) is 0 Å². The highest BCUT2D eigenvalue weighted by Gasteiger charge is 1.78. The Hall–Kier alpha value is -0.280. The van der Waals surface area contributed by atoms with Crippen LogP contribution in [0.2, 0.25) is 0 Å². The van der Waals surface area contributed by atoms with Gasteiger partial charge in [-0.2, -0.15) is 0 Å². The smallest absolute Gasteiger partial charge is 0.0848 e. The number of rotatable bonds is 1. The average molecular weight is 116 g/mol. The van der Waals surface area contributed by atoms with Gasteiger partial charge < -0.3 is 0 Å². The van der Waals surface area contributed by atoms with Crippen LogP contribution < -0.4 is 5.14 Å². The first-order chi connectivity index (χ1) is 3.31. The zero-order valence-corrected chi connectivity index (χ0v) is 5.03. The molecule has 7 heavy (non-hydrogen) atoms. The summed E-state index contributed by atoms with van der Waals surface area (Å²) in [7, 11) is 0. The molecule has 0 aliphatic rings. The molecule has 0 aromatic heterocycles. The van der Waals surface area contributed by atoms with Crippen LogP contribution in [0.4, 0.5) is 0 Å². The van der Waals surface area contributed by atoms with E-state index in [-0.39, 0.29) is 0 Å². The van der Waals surface area contributed by atoms with Gasteiger partial charge in [-0.3, -0.25) is 10.1 Å². The minimum atomic E-state index is 0.829. The standard InChI is InChI=1S/C4H8N2S/c1-3-6-4(2)7-5/h3H,1,5H2,2H3/b6-4-. The molecule has 0 aromatic carbocycles. The molecule has 0 amide bonds. The molecular weight excluding hydrogens is 108 g/mol. The van der Waals surface area contributed by atoms with Crippen molar-refractivity contribution in [2.75, 3.05) is 0 Å². The molecule has 40 valence electrons. The van der Waals surface area contributed by atoms with Gasteiger partial charge in [0.05, 0.1) is 5.04 Å². The second-order valence-electron chi connectivity index (χ2n) is 0.949. The van der Waals surface area contributed by atoms with Crippen LogP contribution in [0.3, 0.4) is 0 Å². The van der Waals surface area contributed by atoms with Crippen molar-refractivity contribution in [2.24, 2.45) is 10.1 Å². The van der Waals surface area contributed by atoms with E-state index in [9.17, 15) is 0 Å². The van der Waals surface area contributed by atoms with Gasteiger partial charge in [-0.25, -0.2) is 0 Å². The van der Waals surface area contributed by atoms with E-state index in [1.54, 1.807) is 0 Å². The summed E-state index contributed by atoms with van der Waals surface area (Å²) in [4.78, 5) is 3.76. The minimum Gasteiger partial charge on any atom is -0.273 e. The monoisotopic (exact) mass is 116 g/mol. The van der Waals surface area contributed by atoms with E-state index in [4.69, 9.17) is 5.14 Å². The molecule has 0 rings (SSSR count). The van der Waals surface area contributed by atoms with E-state index in [0.717, 1.165) is 17.0 Å². The minimum absolute atomic E-state index is 0.829. The summed E-state index contributed by atoms with van der Waals surface area (Å²) < 4.78 is 0. The fourth-order valence-electron chi connectivity index (χ4n) is 0.159. The molecule has 0 aromatic rings. The summed E-state index contributed by atoms with van der Waals surface area (Å²) in [6, 6.07) is 0. The van der Waals surface area contributed by atoms with E-state index in [1.165, 1.54) is 6.20 Å². The van der Waals surface area contributed by atoms with Crippen LogP contribution in [0, 0.1) is 0 Å². The second kappa shape index (κ2) is 3.89. The zero-order chi connectivity index (χ0) is 5.70. The van der Waals surface area contributed by atoms with Crippen molar-refractivity contribution in [1.29, 1.82) is 0 Å². The molecule has 0 heterocycles. The number of nitrogens with two attached hydrogens (primary N) is 1. The third-order valence-electron chi connectivity index (χ3n) is 0.444. The predicted octanol–water partition coefficient (Wildman–Crippen LogP) is 1.16. The zero-order valence-electron chi connectivity index (χ0n) is 4.22. The Bertz CT molecular complexity index is 87.7. The molecule has 0 radical (unpaired) electrons. The fourth-order valence-corrected chi connectivity index (χ4v) is 0.294. The summed E-state index contributed by atoms with van der Waals surface area (Å²) in [5.74, 6) is 0. The maximum Gasteiger partial charge on any atom is 0.0848 e. The van der Waals surface area contributed by atoms with Gasteiger partial charge in [-0.15, -0.1) is 0 Å². The van der Waals surface area contributed by atoms with Gasteiger partial charge in [0, 0.05) is 6.20 Å². The van der Waals surface area contributed by atoms with Crippen LogP contribution in [0.15, 0.2) is 17.8 Å². The summed E-state index contributed by atoms with van der Waals surface area (Å²) >= 11 is 1.13. The molecule has 3 heteroatoms. The van der Waals surface area contributed by atoms with Crippen molar-refractivity contribution in [3.05, 3.63) is 12.8 Å². The molecule has 0 saturated carbocycles. The Kier molecular flexibility index (Phi) is 3.74. The highest BCUT2D eigenvalue weighted by molar-refractivity contribution is 8.11. The van der Waals surface area contributed by atoms with Gasteiger partial charge in [-0.1, -0.05) is 6.58 Å². The van der Waals surface area contributed by atoms with Crippen LogP contribution in [0.25, 0.3) is 0 Å². The normalized spacial score (nSPS) is 11.4. The molecule has 0 saturated heterocycles. The highest BCUT2D eigenvalue weighted by atomic mass is 32.2. The van der Waals surface area contributed by atoms with Crippen molar-refractivity contribution in [2.45, 2.75) is 6.92 Å². The van der Waals surface area contributed by atoms with Gasteiger partial charge in [0.1, 0.15) is 0 Å². The molecule has 0 unspecified atom stereocenters. The van der Waals surface area contributed by atoms with Gasteiger partial charge in [0.15, 0.2) is 0 Å². The van der Waals surface area contributed by atoms with Crippen molar-refractivity contribution in [3.63, 3.8) is 0 Å². The first-order valence-corrected chi connectivity index (χ1v) is 2.71. The van der Waals surface area contributed by atoms with Crippen LogP contribution >= 0.6 is 11.9 Å². The van der Waals surface area contributed by atoms with Crippen molar-refractivity contribution in [3.8, 4) is 0 Å². The predicted molar refractivity (Wildman–Crippen MR) is 35.1 cm³/mol. The SMILES string of the molecule is C=C/N=C(/C)SN. The Labute approximate surface area is 47.6 Å². The Morgan fingerprint density at radius 2 is 2.57 bits per heavy atom. The molecule has 2 nitrogen and oxygen atoms in total. The average Bonchev–Trinajstić information content (AvgIpc) is 1.68. The third-order valence-corrected chi connectivity index (χ3v) is 0.890. The van der Waals surface area contributed by atoms with E-state index >= 15 is 0 Å². The lowest BCUT2D eigenvalue weighted by atomic mass is 10.8. The summed E-state index contributed by atoms with van der Waals surface area (Å²) in [5, 5.41) is 5.92. The Morgan fingerprint density at radius 3 is 2.71 bits per heavy atom. The van der Waals surface area contributed by atoms with Crippen LogP contribution in [0.1, 0.15) is 6.92 Å². The lowest BCUT2D eigenvalue weighted by Gasteiger charge is -1.84. The number of hydrogen-bond donors (Lipinski definition) is 1. The molecule has 0 atom stereocenters. The molecule has 2 N–H and O–H groups in total. The molecule has 0 fully saturated rings. The van der Waals surface area contributed by atoms with Gasteiger partial charge >= 0.3 is 0 Å². The molecule has 0 aliphatic heterocycles. The summed E-state index contributed by atoms with van der Waals surface area (Å²) in [6.45, 7) is 5.22. The summed E-state index contributed by atoms with van der Waals surface area (Å²) in [5.41, 5.74) is 0. The van der Waals surface area contributed by atoms with E-state index < -0.39 is 0 Å². The van der Waals surface area contributed by atoms with Gasteiger partial charge in [0.2, 0.25) is 0 Å². The highest BCUT2D eigenvalue weighted by Crippen LogP contribution is 1.90. The van der Waals surface area contributed by atoms with E-state index in [2.05, 4.69) is 11.6 Å². The van der Waals surface area contributed by atoms with Crippen molar-refractivity contribution < 1.29 is 0 Å². The molecule has 0 bridgehead atoms. The van der Waals surface area contributed by atoms with Crippen molar-refractivity contribution in [1.82, 2.24) is 0 Å². The van der Waals surface area contributed by atoms with Crippen LogP contribution in [-0.2, 0) is 0 Å². The number of aliphatic imine (C=N–C) groups is 1. The Balaban J connectivity index is 3.49. The first kappa shape index (κ1) is 6.72. The van der Waals surface area contributed by atoms with Crippen LogP contribution in [0.5, 0.6) is 0 Å². The molecule has 0 spiro atoms. The van der Waals surface area contributed by atoms with E-state index in [0.29, 0.717) is 0 Å². The molecule has 0 aliphatic carbocycles. The number of nitrogens with zero attached hydrogens (tertiary/aromatic N) is 1. The Morgan fingerprint density at radius 1 is 2.00 bits per heavy atom. The first-order valence-electron chi connectivity index (χ1n) is 1.83. The lowest BCUT2D eigenvalue weighted by molar-refractivity contribution is 1.59. The second-order valence-corrected chi connectivity index (χ2v) is 1.78. The summed E-state index contributed by atoms with van der Waals surface area (Å²) in [6.07, 6.45) is 1.47. The maximum absolute atomic E-state index is 5.10. The topological polar surface area (TPSA) is 38.4 Å². The molecular formula is C4H8N2S. The maximum atomic E-state index is 5.10. The third kappa shape index (κ3) is 3.55. The fraction of sp³-hybridized carbons (Fsp3) is 0.250.